The molecule has 0 radical (unpaired) electrons. The number of thiazole rings is 1. The Morgan fingerprint density at radius 1 is 1.11 bits per heavy atom. The number of aryl methyl sites for hydroxylation is 1. The SMILES string of the molecule is NCCCCc1nc(-c2cc(F)cc(F)c2)cs1. The first-order valence-corrected chi connectivity index (χ1v) is 6.68. The van der Waals surface area contributed by atoms with Gasteiger partial charge in [0.25, 0.3) is 0 Å². The molecule has 2 N–H and O–H groups in total. The maximum absolute atomic E-state index is 13.1. The Morgan fingerprint density at radius 2 is 1.83 bits per heavy atom. The second-order valence-corrected chi connectivity index (χ2v) is 4.97. The van der Waals surface area contributed by atoms with Gasteiger partial charge in [-0.25, -0.2) is 13.8 Å². The molecule has 0 saturated heterocycles. The van der Waals surface area contributed by atoms with Gasteiger partial charge in [-0.3, -0.25) is 0 Å². The molecule has 2 nitrogen and oxygen atoms in total. The van der Waals surface area contributed by atoms with Crippen molar-refractivity contribution in [2.45, 2.75) is 19.3 Å². The van der Waals surface area contributed by atoms with E-state index in [0.29, 0.717) is 17.8 Å². The normalized spacial score (nSPS) is 10.8. The second kappa shape index (κ2) is 6.02. The lowest BCUT2D eigenvalue weighted by Gasteiger charge is -1.98. The van der Waals surface area contributed by atoms with Crippen LogP contribution in [0.5, 0.6) is 0 Å². The summed E-state index contributed by atoms with van der Waals surface area (Å²) >= 11 is 1.51. The Hall–Kier alpha value is -1.33. The molecule has 1 heterocycles. The van der Waals surface area contributed by atoms with Crippen LogP contribution in [0.25, 0.3) is 11.3 Å². The highest BCUT2D eigenvalue weighted by molar-refractivity contribution is 7.09. The minimum Gasteiger partial charge on any atom is -0.330 e. The average molecular weight is 268 g/mol. The summed E-state index contributed by atoms with van der Waals surface area (Å²) in [5.74, 6) is -1.16. The van der Waals surface area contributed by atoms with E-state index in [1.54, 1.807) is 0 Å². The van der Waals surface area contributed by atoms with Gasteiger partial charge in [0.1, 0.15) is 11.6 Å². The van der Waals surface area contributed by atoms with Crippen molar-refractivity contribution in [2.24, 2.45) is 5.73 Å². The van der Waals surface area contributed by atoms with Crippen molar-refractivity contribution in [2.75, 3.05) is 6.54 Å². The molecular weight excluding hydrogens is 254 g/mol. The molecule has 2 rings (SSSR count). The number of hydrogen-bond acceptors (Lipinski definition) is 3. The minimum atomic E-state index is -0.581. The third-order valence-corrected chi connectivity index (χ3v) is 3.46. The molecule has 0 atom stereocenters. The van der Waals surface area contributed by atoms with Crippen molar-refractivity contribution in [3.05, 3.63) is 40.2 Å². The third-order valence-electron chi connectivity index (χ3n) is 2.55. The molecule has 0 unspecified atom stereocenters. The molecule has 0 spiro atoms. The van der Waals surface area contributed by atoms with E-state index >= 15 is 0 Å². The van der Waals surface area contributed by atoms with Crippen LogP contribution in [-0.4, -0.2) is 11.5 Å². The van der Waals surface area contributed by atoms with Crippen LogP contribution >= 0.6 is 11.3 Å². The van der Waals surface area contributed by atoms with E-state index in [2.05, 4.69) is 4.98 Å². The highest BCUT2D eigenvalue weighted by atomic mass is 32.1. The quantitative estimate of drug-likeness (QED) is 0.844. The summed E-state index contributed by atoms with van der Waals surface area (Å²) in [5, 5.41) is 2.80. The largest absolute Gasteiger partial charge is 0.330 e. The van der Waals surface area contributed by atoms with Gasteiger partial charge in [-0.1, -0.05) is 0 Å². The monoisotopic (exact) mass is 268 g/mol. The summed E-state index contributed by atoms with van der Waals surface area (Å²) in [6, 6.07) is 3.45. The number of unbranched alkanes of at least 4 members (excludes halogenated alkanes) is 1. The highest BCUT2D eigenvalue weighted by Gasteiger charge is 2.07. The van der Waals surface area contributed by atoms with E-state index in [1.165, 1.54) is 23.5 Å². The van der Waals surface area contributed by atoms with Crippen molar-refractivity contribution < 1.29 is 8.78 Å². The predicted octanol–water partition coefficient (Wildman–Crippen LogP) is 3.37. The highest BCUT2D eigenvalue weighted by Crippen LogP contribution is 2.24. The van der Waals surface area contributed by atoms with Gasteiger partial charge in [-0.05, 0) is 37.9 Å². The zero-order chi connectivity index (χ0) is 13.0. The van der Waals surface area contributed by atoms with E-state index < -0.39 is 11.6 Å². The first-order chi connectivity index (χ1) is 8.69. The molecule has 0 aliphatic carbocycles. The van der Waals surface area contributed by atoms with Gasteiger partial charge >= 0.3 is 0 Å². The van der Waals surface area contributed by atoms with Crippen molar-refractivity contribution in [1.29, 1.82) is 0 Å². The van der Waals surface area contributed by atoms with E-state index in [-0.39, 0.29) is 0 Å². The molecule has 2 aromatic rings. The number of hydrogen-bond donors (Lipinski definition) is 1. The van der Waals surface area contributed by atoms with Crippen LogP contribution in [0.4, 0.5) is 8.78 Å². The molecular formula is C13H14F2N2S. The van der Waals surface area contributed by atoms with Crippen LogP contribution in [0.2, 0.25) is 0 Å². The van der Waals surface area contributed by atoms with E-state index in [4.69, 9.17) is 5.73 Å². The van der Waals surface area contributed by atoms with Gasteiger partial charge in [0, 0.05) is 17.0 Å². The molecule has 1 aromatic heterocycles. The van der Waals surface area contributed by atoms with Crippen LogP contribution in [0.15, 0.2) is 23.6 Å². The maximum atomic E-state index is 13.1. The lowest BCUT2D eigenvalue weighted by atomic mass is 10.1. The summed E-state index contributed by atoms with van der Waals surface area (Å²) in [6.07, 6.45) is 2.81. The van der Waals surface area contributed by atoms with E-state index in [9.17, 15) is 8.78 Å². The lowest BCUT2D eigenvalue weighted by Crippen LogP contribution is -1.98. The van der Waals surface area contributed by atoms with Crippen LogP contribution in [0.1, 0.15) is 17.8 Å². The van der Waals surface area contributed by atoms with Gasteiger partial charge in [0.15, 0.2) is 0 Å². The van der Waals surface area contributed by atoms with Gasteiger partial charge in [0.05, 0.1) is 10.7 Å². The predicted molar refractivity (Wildman–Crippen MR) is 69.5 cm³/mol. The van der Waals surface area contributed by atoms with Crippen LogP contribution in [0, 0.1) is 11.6 Å². The third kappa shape index (κ3) is 3.34. The van der Waals surface area contributed by atoms with Gasteiger partial charge < -0.3 is 5.73 Å². The minimum absolute atomic E-state index is 0.480. The van der Waals surface area contributed by atoms with Gasteiger partial charge in [0.2, 0.25) is 0 Å². The summed E-state index contributed by atoms with van der Waals surface area (Å²) in [6.45, 7) is 0.674. The Kier molecular flexibility index (Phi) is 4.38. The van der Waals surface area contributed by atoms with Crippen molar-refractivity contribution in [1.82, 2.24) is 4.98 Å². The van der Waals surface area contributed by atoms with Crippen LogP contribution < -0.4 is 5.73 Å². The molecule has 0 saturated carbocycles. The van der Waals surface area contributed by atoms with Crippen LogP contribution in [0.3, 0.4) is 0 Å². The number of halogens is 2. The number of aromatic nitrogens is 1. The fraction of sp³-hybridized carbons (Fsp3) is 0.308. The Morgan fingerprint density at radius 3 is 2.50 bits per heavy atom. The Labute approximate surface area is 108 Å². The number of rotatable bonds is 5. The zero-order valence-electron chi connectivity index (χ0n) is 9.83. The van der Waals surface area contributed by atoms with Crippen molar-refractivity contribution >= 4 is 11.3 Å². The first-order valence-electron chi connectivity index (χ1n) is 5.80. The lowest BCUT2D eigenvalue weighted by molar-refractivity contribution is 0.584. The van der Waals surface area contributed by atoms with E-state index in [1.807, 2.05) is 5.38 Å². The fourth-order valence-corrected chi connectivity index (χ4v) is 2.53. The number of benzene rings is 1. The molecule has 1 aromatic carbocycles. The molecule has 0 bridgehead atoms. The molecule has 18 heavy (non-hydrogen) atoms. The molecule has 0 amide bonds. The fourth-order valence-electron chi connectivity index (χ4n) is 1.68. The zero-order valence-corrected chi connectivity index (χ0v) is 10.6. The second-order valence-electron chi connectivity index (χ2n) is 4.03. The summed E-state index contributed by atoms with van der Waals surface area (Å²) in [4.78, 5) is 4.38. The standard InChI is InChI=1S/C13H14F2N2S/c14-10-5-9(6-11(15)7-10)12-8-18-13(17-12)3-1-2-4-16/h5-8H,1-4,16H2. The first kappa shape index (κ1) is 13.1. The average Bonchev–Trinajstić information content (AvgIpc) is 2.77. The van der Waals surface area contributed by atoms with E-state index in [0.717, 1.165) is 30.3 Å². The molecule has 0 aliphatic heterocycles. The smallest absolute Gasteiger partial charge is 0.126 e. The van der Waals surface area contributed by atoms with Crippen LogP contribution in [-0.2, 0) is 6.42 Å². The topological polar surface area (TPSA) is 38.9 Å². The maximum Gasteiger partial charge on any atom is 0.126 e. The summed E-state index contributed by atoms with van der Waals surface area (Å²) in [7, 11) is 0. The van der Waals surface area contributed by atoms with Gasteiger partial charge in [-0.2, -0.15) is 0 Å². The number of nitrogens with two attached hydrogens (primary N) is 1. The summed E-state index contributed by atoms with van der Waals surface area (Å²) < 4.78 is 26.2. The Balaban J connectivity index is 2.13. The molecule has 5 heteroatoms. The van der Waals surface area contributed by atoms with Crippen molar-refractivity contribution in [3.8, 4) is 11.3 Å². The summed E-state index contributed by atoms with van der Waals surface area (Å²) in [5.41, 5.74) is 6.53. The molecule has 0 aliphatic rings. The van der Waals surface area contributed by atoms with Crippen molar-refractivity contribution in [3.63, 3.8) is 0 Å². The van der Waals surface area contributed by atoms with Gasteiger partial charge in [-0.15, -0.1) is 11.3 Å². The molecule has 0 fully saturated rings. The molecule has 96 valence electrons. The number of nitrogens with zero attached hydrogens (tertiary/aromatic N) is 1. The Bertz CT molecular complexity index is 505.